The van der Waals surface area contributed by atoms with E-state index in [9.17, 15) is 26.7 Å². The Morgan fingerprint density at radius 3 is 2.35 bits per heavy atom. The van der Waals surface area contributed by atoms with Crippen molar-refractivity contribution < 1.29 is 22.0 Å². The van der Waals surface area contributed by atoms with Gasteiger partial charge < -0.3 is 4.98 Å². The SMILES string of the molecule is O=c1cc(-c2ccc(F)cc2F)[nH]c2cccc(C(F)(F)F)c12. The van der Waals surface area contributed by atoms with Crippen LogP contribution in [0.4, 0.5) is 22.0 Å². The van der Waals surface area contributed by atoms with Crippen LogP contribution in [-0.2, 0) is 6.18 Å². The summed E-state index contributed by atoms with van der Waals surface area (Å²) in [5.41, 5.74) is -2.18. The summed E-state index contributed by atoms with van der Waals surface area (Å²) in [6.45, 7) is 0. The van der Waals surface area contributed by atoms with Crippen molar-refractivity contribution in [3.8, 4) is 11.3 Å². The van der Waals surface area contributed by atoms with E-state index >= 15 is 0 Å². The third-order valence-corrected chi connectivity index (χ3v) is 3.38. The number of fused-ring (bicyclic) bond motifs is 1. The molecule has 2 aromatic carbocycles. The topological polar surface area (TPSA) is 32.9 Å². The van der Waals surface area contributed by atoms with Gasteiger partial charge in [0.05, 0.1) is 22.2 Å². The first-order valence-corrected chi connectivity index (χ1v) is 6.46. The van der Waals surface area contributed by atoms with Crippen LogP contribution >= 0.6 is 0 Å². The fourth-order valence-electron chi connectivity index (χ4n) is 2.40. The Hall–Kier alpha value is -2.70. The van der Waals surface area contributed by atoms with Crippen molar-refractivity contribution in [2.75, 3.05) is 0 Å². The molecule has 3 aromatic rings. The van der Waals surface area contributed by atoms with E-state index in [0.717, 1.165) is 30.3 Å². The molecule has 0 bridgehead atoms. The molecule has 0 spiro atoms. The van der Waals surface area contributed by atoms with Crippen LogP contribution in [0.15, 0.2) is 47.3 Å². The number of pyridine rings is 1. The number of alkyl halides is 3. The van der Waals surface area contributed by atoms with E-state index in [0.29, 0.717) is 6.07 Å². The minimum atomic E-state index is -4.69. The van der Waals surface area contributed by atoms with Crippen LogP contribution in [0.25, 0.3) is 22.2 Å². The number of halogens is 5. The van der Waals surface area contributed by atoms with Gasteiger partial charge in [-0.05, 0) is 24.3 Å². The number of aromatic nitrogens is 1. The molecule has 0 atom stereocenters. The molecule has 3 rings (SSSR count). The fourth-order valence-corrected chi connectivity index (χ4v) is 2.40. The number of H-pyrrole nitrogens is 1. The molecule has 0 saturated heterocycles. The lowest BCUT2D eigenvalue weighted by Gasteiger charge is -2.11. The molecule has 0 aliphatic carbocycles. The van der Waals surface area contributed by atoms with Gasteiger partial charge in [0, 0.05) is 17.7 Å². The summed E-state index contributed by atoms with van der Waals surface area (Å²) in [6, 6.07) is 6.83. The largest absolute Gasteiger partial charge is 0.417 e. The number of aromatic amines is 1. The number of rotatable bonds is 1. The van der Waals surface area contributed by atoms with Gasteiger partial charge in [0.25, 0.3) is 0 Å². The van der Waals surface area contributed by atoms with Gasteiger partial charge in [0.2, 0.25) is 0 Å². The zero-order chi connectivity index (χ0) is 16.8. The summed E-state index contributed by atoms with van der Waals surface area (Å²) in [5.74, 6) is -1.72. The molecule has 1 heterocycles. The van der Waals surface area contributed by atoms with Crippen LogP contribution in [-0.4, -0.2) is 4.98 Å². The minimum Gasteiger partial charge on any atom is -0.354 e. The molecule has 2 nitrogen and oxygen atoms in total. The summed E-state index contributed by atoms with van der Waals surface area (Å²) in [4.78, 5) is 14.7. The third kappa shape index (κ3) is 2.69. The summed E-state index contributed by atoms with van der Waals surface area (Å²) in [6.07, 6.45) is -4.69. The highest BCUT2D eigenvalue weighted by molar-refractivity contribution is 5.85. The first-order valence-electron chi connectivity index (χ1n) is 6.46. The molecule has 0 saturated carbocycles. The maximum atomic E-state index is 13.8. The minimum absolute atomic E-state index is 0.0284. The Morgan fingerprint density at radius 1 is 0.957 bits per heavy atom. The van der Waals surface area contributed by atoms with Gasteiger partial charge in [-0.2, -0.15) is 13.2 Å². The van der Waals surface area contributed by atoms with Crippen molar-refractivity contribution in [1.29, 1.82) is 0 Å². The van der Waals surface area contributed by atoms with Gasteiger partial charge in [-0.1, -0.05) is 6.07 Å². The highest BCUT2D eigenvalue weighted by atomic mass is 19.4. The molecule has 0 aliphatic heterocycles. The molecule has 0 amide bonds. The van der Waals surface area contributed by atoms with Gasteiger partial charge in [0.1, 0.15) is 11.6 Å². The molecule has 0 radical (unpaired) electrons. The van der Waals surface area contributed by atoms with Crippen LogP contribution in [0.2, 0.25) is 0 Å². The zero-order valence-electron chi connectivity index (χ0n) is 11.3. The fraction of sp³-hybridized carbons (Fsp3) is 0.0625. The van der Waals surface area contributed by atoms with E-state index in [-0.39, 0.29) is 16.8 Å². The second kappa shape index (κ2) is 5.19. The van der Waals surface area contributed by atoms with E-state index in [2.05, 4.69) is 4.98 Å². The average molecular weight is 325 g/mol. The highest BCUT2D eigenvalue weighted by Crippen LogP contribution is 2.33. The van der Waals surface area contributed by atoms with Crippen molar-refractivity contribution in [2.24, 2.45) is 0 Å². The molecular formula is C16H8F5NO. The maximum Gasteiger partial charge on any atom is 0.417 e. The molecule has 0 unspecified atom stereocenters. The molecule has 0 fully saturated rings. The smallest absolute Gasteiger partial charge is 0.354 e. The van der Waals surface area contributed by atoms with Crippen molar-refractivity contribution >= 4 is 10.9 Å². The van der Waals surface area contributed by atoms with Crippen LogP contribution < -0.4 is 5.43 Å². The van der Waals surface area contributed by atoms with Gasteiger partial charge in [-0.3, -0.25) is 4.79 Å². The number of hydrogen-bond donors (Lipinski definition) is 1. The predicted molar refractivity (Wildman–Crippen MR) is 74.9 cm³/mol. The van der Waals surface area contributed by atoms with Gasteiger partial charge in [-0.25, -0.2) is 8.78 Å². The molecular weight excluding hydrogens is 317 g/mol. The zero-order valence-corrected chi connectivity index (χ0v) is 11.3. The van der Waals surface area contributed by atoms with Gasteiger partial charge in [-0.15, -0.1) is 0 Å². The van der Waals surface area contributed by atoms with Crippen molar-refractivity contribution in [3.63, 3.8) is 0 Å². The quantitative estimate of drug-likeness (QED) is 0.657. The molecule has 23 heavy (non-hydrogen) atoms. The number of nitrogens with one attached hydrogen (secondary N) is 1. The predicted octanol–water partition coefficient (Wildman–Crippen LogP) is 4.49. The third-order valence-electron chi connectivity index (χ3n) is 3.38. The first-order chi connectivity index (χ1) is 10.8. The van der Waals surface area contributed by atoms with Crippen LogP contribution in [0.3, 0.4) is 0 Å². The van der Waals surface area contributed by atoms with Crippen molar-refractivity contribution in [2.45, 2.75) is 6.18 Å². The first kappa shape index (κ1) is 15.2. The Balaban J connectivity index is 2.30. The lowest BCUT2D eigenvalue weighted by molar-refractivity contribution is -0.136. The van der Waals surface area contributed by atoms with E-state index in [1.807, 2.05) is 0 Å². The summed E-state index contributed by atoms with van der Waals surface area (Å²) in [7, 11) is 0. The van der Waals surface area contributed by atoms with Crippen molar-refractivity contribution in [3.05, 3.63) is 69.9 Å². The number of benzene rings is 2. The monoisotopic (exact) mass is 325 g/mol. The summed E-state index contributed by atoms with van der Waals surface area (Å²) < 4.78 is 65.7. The molecule has 1 aromatic heterocycles. The van der Waals surface area contributed by atoms with E-state index in [1.54, 1.807) is 0 Å². The molecule has 7 heteroatoms. The Kier molecular flexibility index (Phi) is 3.43. The van der Waals surface area contributed by atoms with Gasteiger partial charge >= 0.3 is 6.18 Å². The lowest BCUT2D eigenvalue weighted by Crippen LogP contribution is -2.13. The van der Waals surface area contributed by atoms with E-state index in [1.165, 1.54) is 6.07 Å². The lowest BCUT2D eigenvalue weighted by atomic mass is 10.0. The molecule has 118 valence electrons. The Bertz CT molecular complexity index is 959. The van der Waals surface area contributed by atoms with Crippen LogP contribution in [0, 0.1) is 11.6 Å². The second-order valence-electron chi connectivity index (χ2n) is 4.90. The second-order valence-corrected chi connectivity index (χ2v) is 4.90. The summed E-state index contributed by atoms with van der Waals surface area (Å²) in [5, 5.41) is -0.522. The van der Waals surface area contributed by atoms with Crippen LogP contribution in [0.5, 0.6) is 0 Å². The Labute approximate surface area is 126 Å². The van der Waals surface area contributed by atoms with E-state index < -0.39 is 34.2 Å². The average Bonchev–Trinajstić information content (AvgIpc) is 2.45. The molecule has 0 aliphatic rings. The van der Waals surface area contributed by atoms with E-state index in [4.69, 9.17) is 0 Å². The molecule has 1 N–H and O–H groups in total. The summed E-state index contributed by atoms with van der Waals surface area (Å²) >= 11 is 0. The standard InChI is InChI=1S/C16H8F5NO/c17-8-4-5-9(11(18)6-8)13-7-14(23)15-10(16(19,20)21)2-1-3-12(15)22-13/h1-7H,(H,22,23). The van der Waals surface area contributed by atoms with Gasteiger partial charge in [0.15, 0.2) is 5.43 Å². The van der Waals surface area contributed by atoms with Crippen molar-refractivity contribution in [1.82, 2.24) is 4.98 Å². The highest BCUT2D eigenvalue weighted by Gasteiger charge is 2.33. The normalized spacial score (nSPS) is 11.9. The number of hydrogen-bond acceptors (Lipinski definition) is 1. The Morgan fingerprint density at radius 2 is 1.70 bits per heavy atom. The van der Waals surface area contributed by atoms with Crippen LogP contribution in [0.1, 0.15) is 5.56 Å². The maximum absolute atomic E-state index is 13.8.